The van der Waals surface area contributed by atoms with Crippen LogP contribution in [0.2, 0.25) is 15.1 Å². The van der Waals surface area contributed by atoms with E-state index in [9.17, 15) is 10.1 Å². The lowest BCUT2D eigenvalue weighted by Crippen LogP contribution is -2.13. The van der Waals surface area contributed by atoms with Gasteiger partial charge in [0.2, 0.25) is 0 Å². The topological polar surface area (TPSA) is 66.0 Å². The van der Waals surface area contributed by atoms with Crippen molar-refractivity contribution in [1.29, 1.82) is 5.26 Å². The number of nitrogens with one attached hydrogen (secondary N) is 1. The summed E-state index contributed by atoms with van der Waals surface area (Å²) in [5.41, 5.74) is 2.01. The number of hydrogen-bond donors (Lipinski definition) is 1. The van der Waals surface area contributed by atoms with Gasteiger partial charge in [0, 0.05) is 22.3 Å². The number of hydrogen-bond acceptors (Lipinski definition) is 3. The Labute approximate surface area is 176 Å². The summed E-state index contributed by atoms with van der Waals surface area (Å²) in [6, 6.07) is 15.5. The van der Waals surface area contributed by atoms with Gasteiger partial charge in [0.15, 0.2) is 0 Å². The first-order valence-corrected chi connectivity index (χ1v) is 9.25. The van der Waals surface area contributed by atoms with Crippen LogP contribution in [-0.4, -0.2) is 5.91 Å². The molecule has 1 heterocycles. The summed E-state index contributed by atoms with van der Waals surface area (Å²) in [5.74, 6) is 0.331. The summed E-state index contributed by atoms with van der Waals surface area (Å²) in [6.07, 6.45) is 1.37. The van der Waals surface area contributed by atoms with E-state index in [4.69, 9.17) is 39.2 Å². The average molecular weight is 432 g/mol. The fraction of sp³-hybridized carbons (Fsp3) is 0.0476. The van der Waals surface area contributed by atoms with E-state index in [1.807, 2.05) is 13.0 Å². The minimum absolute atomic E-state index is 0.105. The number of anilines is 1. The second kappa shape index (κ2) is 8.53. The number of nitriles is 1. The van der Waals surface area contributed by atoms with E-state index in [0.29, 0.717) is 32.3 Å². The van der Waals surface area contributed by atoms with Crippen LogP contribution in [-0.2, 0) is 4.79 Å². The molecule has 0 aliphatic heterocycles. The first kappa shape index (κ1) is 20.0. The lowest BCUT2D eigenvalue weighted by Gasteiger charge is -2.06. The molecule has 28 heavy (non-hydrogen) atoms. The highest BCUT2D eigenvalue weighted by Crippen LogP contribution is 2.30. The third-order valence-corrected chi connectivity index (χ3v) is 5.06. The molecule has 0 fully saturated rings. The van der Waals surface area contributed by atoms with Crippen LogP contribution in [0, 0.1) is 18.3 Å². The number of nitrogens with zero attached hydrogens (tertiary/aromatic N) is 1. The highest BCUT2D eigenvalue weighted by molar-refractivity contribution is 6.42. The second-order valence-corrected chi connectivity index (χ2v) is 7.14. The molecule has 0 aliphatic rings. The van der Waals surface area contributed by atoms with E-state index >= 15 is 0 Å². The molecule has 0 unspecified atom stereocenters. The number of furan rings is 1. The minimum atomic E-state index is -0.560. The maximum Gasteiger partial charge on any atom is 0.266 e. The molecule has 0 radical (unpaired) electrons. The van der Waals surface area contributed by atoms with Crippen LogP contribution in [0.5, 0.6) is 0 Å². The van der Waals surface area contributed by atoms with Crippen LogP contribution >= 0.6 is 34.8 Å². The first-order chi connectivity index (χ1) is 13.4. The molecule has 1 amide bonds. The van der Waals surface area contributed by atoms with Crippen LogP contribution in [0.3, 0.4) is 0 Å². The highest BCUT2D eigenvalue weighted by Gasteiger charge is 2.12. The van der Waals surface area contributed by atoms with Gasteiger partial charge in [-0.1, -0.05) is 40.9 Å². The molecule has 1 N–H and O–H groups in total. The predicted molar refractivity (Wildman–Crippen MR) is 113 cm³/mol. The zero-order valence-corrected chi connectivity index (χ0v) is 16.9. The Kier molecular flexibility index (Phi) is 6.11. The van der Waals surface area contributed by atoms with Gasteiger partial charge in [-0.15, -0.1) is 0 Å². The molecule has 0 aliphatic carbocycles. The molecule has 2 aromatic carbocycles. The Hall–Kier alpha value is -2.71. The third-order valence-electron chi connectivity index (χ3n) is 3.91. The van der Waals surface area contributed by atoms with Gasteiger partial charge < -0.3 is 9.73 Å². The van der Waals surface area contributed by atoms with E-state index in [2.05, 4.69) is 5.32 Å². The van der Waals surface area contributed by atoms with E-state index < -0.39 is 5.91 Å². The van der Waals surface area contributed by atoms with Crippen LogP contribution in [0.25, 0.3) is 17.4 Å². The van der Waals surface area contributed by atoms with Gasteiger partial charge in [0.05, 0.1) is 10.0 Å². The van der Waals surface area contributed by atoms with Crippen molar-refractivity contribution in [3.63, 3.8) is 0 Å². The van der Waals surface area contributed by atoms with Crippen LogP contribution in [0.15, 0.2) is 58.5 Å². The van der Waals surface area contributed by atoms with Crippen molar-refractivity contribution in [1.82, 2.24) is 0 Å². The zero-order chi connectivity index (χ0) is 20.3. The maximum atomic E-state index is 12.4. The number of benzene rings is 2. The van der Waals surface area contributed by atoms with Crippen molar-refractivity contribution in [2.24, 2.45) is 0 Å². The molecule has 0 spiro atoms. The molecule has 3 aromatic rings. The van der Waals surface area contributed by atoms with Crippen molar-refractivity contribution in [3.05, 3.63) is 80.5 Å². The van der Waals surface area contributed by atoms with Crippen molar-refractivity contribution in [3.8, 4) is 17.4 Å². The molecule has 0 saturated carbocycles. The molecule has 0 saturated heterocycles. The molecular weight excluding hydrogens is 419 g/mol. The van der Waals surface area contributed by atoms with Crippen molar-refractivity contribution >= 4 is 52.5 Å². The maximum absolute atomic E-state index is 12.4. The molecule has 140 valence electrons. The lowest BCUT2D eigenvalue weighted by molar-refractivity contribution is -0.112. The van der Waals surface area contributed by atoms with Crippen LogP contribution in [0.4, 0.5) is 5.69 Å². The van der Waals surface area contributed by atoms with Crippen LogP contribution in [0.1, 0.15) is 11.3 Å². The number of amides is 1. The van der Waals surface area contributed by atoms with Crippen LogP contribution < -0.4 is 5.32 Å². The summed E-state index contributed by atoms with van der Waals surface area (Å²) in [5, 5.41) is 13.4. The van der Waals surface area contributed by atoms with Crippen molar-refractivity contribution in [2.45, 2.75) is 6.92 Å². The summed E-state index contributed by atoms with van der Waals surface area (Å²) in [6.45, 7) is 1.86. The number of carbonyl (C=O) groups excluding carboxylic acids is 1. The van der Waals surface area contributed by atoms with Gasteiger partial charge >= 0.3 is 0 Å². The van der Waals surface area contributed by atoms with Gasteiger partial charge in [0.25, 0.3) is 5.91 Å². The Morgan fingerprint density at radius 1 is 1.04 bits per heavy atom. The molecule has 0 atom stereocenters. The Morgan fingerprint density at radius 3 is 2.50 bits per heavy atom. The molecule has 3 rings (SSSR count). The fourth-order valence-corrected chi connectivity index (χ4v) is 2.87. The summed E-state index contributed by atoms with van der Waals surface area (Å²) < 4.78 is 5.70. The fourth-order valence-electron chi connectivity index (χ4n) is 2.39. The lowest BCUT2D eigenvalue weighted by atomic mass is 10.2. The molecule has 7 heteroatoms. The standard InChI is InChI=1S/C21H13Cl3N2O2/c1-12-2-4-15(10-18(12)23)26-21(27)14(11-25)8-16-5-7-20(28-16)13-3-6-17(22)19(24)9-13/h2-10H,1H3,(H,26,27)/b14-8+. The molecular formula is C21H13Cl3N2O2. The van der Waals surface area contributed by atoms with Crippen molar-refractivity contribution < 1.29 is 9.21 Å². The van der Waals surface area contributed by atoms with E-state index in [1.165, 1.54) is 6.08 Å². The average Bonchev–Trinajstić information content (AvgIpc) is 3.13. The van der Waals surface area contributed by atoms with Crippen molar-refractivity contribution in [2.75, 3.05) is 5.32 Å². The van der Waals surface area contributed by atoms with E-state index in [-0.39, 0.29) is 5.57 Å². The first-order valence-electron chi connectivity index (χ1n) is 8.12. The second-order valence-electron chi connectivity index (χ2n) is 5.92. The summed E-state index contributed by atoms with van der Waals surface area (Å²) in [4.78, 5) is 12.4. The summed E-state index contributed by atoms with van der Waals surface area (Å²) in [7, 11) is 0. The Bertz CT molecular complexity index is 1130. The van der Waals surface area contributed by atoms with Gasteiger partial charge in [-0.2, -0.15) is 5.26 Å². The summed E-state index contributed by atoms with van der Waals surface area (Å²) >= 11 is 18.0. The predicted octanol–water partition coefficient (Wildman–Crippen LogP) is 6.76. The molecule has 0 bridgehead atoms. The monoisotopic (exact) mass is 430 g/mol. The van der Waals surface area contributed by atoms with Gasteiger partial charge in [-0.25, -0.2) is 0 Å². The number of rotatable bonds is 4. The quantitative estimate of drug-likeness (QED) is 0.366. The highest BCUT2D eigenvalue weighted by atomic mass is 35.5. The van der Waals surface area contributed by atoms with Gasteiger partial charge in [-0.3, -0.25) is 4.79 Å². The Morgan fingerprint density at radius 2 is 1.82 bits per heavy atom. The number of aryl methyl sites for hydroxylation is 1. The SMILES string of the molecule is Cc1ccc(NC(=O)/C(C#N)=C/c2ccc(-c3ccc(Cl)c(Cl)c3)o2)cc1Cl. The smallest absolute Gasteiger partial charge is 0.266 e. The normalized spacial score (nSPS) is 11.2. The van der Waals surface area contributed by atoms with Gasteiger partial charge in [0.1, 0.15) is 23.2 Å². The van der Waals surface area contributed by atoms with E-state index in [1.54, 1.807) is 48.5 Å². The Balaban J connectivity index is 1.81. The largest absolute Gasteiger partial charge is 0.457 e. The van der Waals surface area contributed by atoms with Gasteiger partial charge in [-0.05, 0) is 55.0 Å². The molecule has 4 nitrogen and oxygen atoms in total. The zero-order valence-electron chi connectivity index (χ0n) is 14.6. The van der Waals surface area contributed by atoms with E-state index in [0.717, 1.165) is 11.1 Å². The number of carbonyl (C=O) groups is 1. The number of halogens is 3. The third kappa shape index (κ3) is 4.58. The molecule has 1 aromatic heterocycles. The minimum Gasteiger partial charge on any atom is -0.457 e.